The fraction of sp³-hybridized carbons (Fsp3) is 0.500. The molecule has 1 atom stereocenters. The lowest BCUT2D eigenvalue weighted by atomic mass is 10.2. The van der Waals surface area contributed by atoms with Gasteiger partial charge in [0.2, 0.25) is 0 Å². The summed E-state index contributed by atoms with van der Waals surface area (Å²) in [5, 5.41) is 10.6. The van der Waals surface area contributed by atoms with Gasteiger partial charge >= 0.3 is 5.97 Å². The molecule has 1 saturated heterocycles. The number of amides is 1. The summed E-state index contributed by atoms with van der Waals surface area (Å²) in [6, 6.07) is 1.01. The monoisotopic (exact) mass is 333 g/mol. The van der Waals surface area contributed by atoms with Gasteiger partial charge in [-0.05, 0) is 17.9 Å². The number of thiophene rings is 1. The van der Waals surface area contributed by atoms with Crippen LogP contribution in [0.4, 0.5) is 0 Å². The van der Waals surface area contributed by atoms with Crippen molar-refractivity contribution in [3.8, 4) is 5.75 Å². The predicted octanol–water partition coefficient (Wildman–Crippen LogP) is 0.471. The van der Waals surface area contributed by atoms with Crippen molar-refractivity contribution in [2.45, 2.75) is 12.5 Å². The van der Waals surface area contributed by atoms with Crippen molar-refractivity contribution in [3.05, 3.63) is 16.3 Å². The van der Waals surface area contributed by atoms with Crippen LogP contribution in [0.15, 0.2) is 11.4 Å². The number of ether oxygens (including phenoxy) is 1. The third kappa shape index (κ3) is 3.53. The molecule has 1 aliphatic heterocycles. The first-order valence-electron chi connectivity index (χ1n) is 6.18. The van der Waals surface area contributed by atoms with Crippen molar-refractivity contribution in [2.75, 3.05) is 25.2 Å². The highest BCUT2D eigenvalue weighted by Gasteiger charge is 2.37. The highest BCUT2D eigenvalue weighted by atomic mass is 32.2. The second kappa shape index (κ2) is 6.02. The predicted molar refractivity (Wildman–Crippen MR) is 76.6 cm³/mol. The Bertz CT molecular complexity index is 650. The third-order valence-corrected chi connectivity index (χ3v) is 5.89. The molecule has 0 spiro atoms. The van der Waals surface area contributed by atoms with E-state index >= 15 is 0 Å². The van der Waals surface area contributed by atoms with Gasteiger partial charge in [0.15, 0.2) is 9.84 Å². The minimum Gasteiger partial charge on any atom is -0.495 e. The molecule has 7 nitrogen and oxygen atoms in total. The first kappa shape index (κ1) is 15.8. The molecule has 0 aliphatic carbocycles. The lowest BCUT2D eigenvalue weighted by Gasteiger charge is -2.26. The molecule has 2 heterocycles. The summed E-state index contributed by atoms with van der Waals surface area (Å²) in [5.74, 6) is -1.54. The van der Waals surface area contributed by atoms with Gasteiger partial charge in [0.1, 0.15) is 17.2 Å². The summed E-state index contributed by atoms with van der Waals surface area (Å²) in [5.41, 5.74) is 0. The molecule has 2 rings (SSSR count). The lowest BCUT2D eigenvalue weighted by molar-refractivity contribution is -0.138. The first-order valence-corrected chi connectivity index (χ1v) is 8.89. The van der Waals surface area contributed by atoms with E-state index in [-0.39, 0.29) is 22.8 Å². The van der Waals surface area contributed by atoms with Gasteiger partial charge in [-0.15, -0.1) is 11.3 Å². The summed E-state index contributed by atoms with van der Waals surface area (Å²) in [6.07, 6.45) is 0.259. The van der Waals surface area contributed by atoms with Crippen LogP contribution in [-0.4, -0.2) is 61.5 Å². The number of carboxylic acids is 1. The van der Waals surface area contributed by atoms with Gasteiger partial charge in [-0.1, -0.05) is 0 Å². The molecule has 1 aromatic heterocycles. The molecule has 0 aromatic carbocycles. The molecule has 1 aliphatic rings. The van der Waals surface area contributed by atoms with E-state index in [2.05, 4.69) is 0 Å². The number of carbonyl (C=O) groups excluding carboxylic acids is 1. The number of hydrogen-bond acceptors (Lipinski definition) is 6. The first-order chi connectivity index (χ1) is 9.84. The molecule has 0 saturated carbocycles. The molecule has 1 aromatic rings. The highest BCUT2D eigenvalue weighted by Crippen LogP contribution is 2.28. The average molecular weight is 333 g/mol. The number of nitrogens with zero attached hydrogens (tertiary/aromatic N) is 1. The molecule has 1 fully saturated rings. The van der Waals surface area contributed by atoms with Crippen molar-refractivity contribution >= 4 is 33.1 Å². The molecule has 0 bridgehead atoms. The van der Waals surface area contributed by atoms with Crippen LogP contribution in [0.5, 0.6) is 5.75 Å². The van der Waals surface area contributed by atoms with E-state index in [9.17, 15) is 18.0 Å². The normalized spacial score (nSPS) is 20.1. The second-order valence-corrected chi connectivity index (χ2v) is 7.85. The van der Waals surface area contributed by atoms with E-state index in [1.54, 1.807) is 11.4 Å². The third-order valence-electron chi connectivity index (χ3n) is 3.26. The van der Waals surface area contributed by atoms with Crippen molar-refractivity contribution in [2.24, 2.45) is 0 Å². The van der Waals surface area contributed by atoms with Crippen LogP contribution < -0.4 is 4.74 Å². The second-order valence-electron chi connectivity index (χ2n) is 4.70. The molecule has 1 N–H and O–H groups in total. The van der Waals surface area contributed by atoms with E-state index < -0.39 is 34.3 Å². The maximum absolute atomic E-state index is 12.5. The van der Waals surface area contributed by atoms with Crippen LogP contribution in [0.2, 0.25) is 0 Å². The van der Waals surface area contributed by atoms with Gasteiger partial charge in [-0.2, -0.15) is 0 Å². The Morgan fingerprint density at radius 1 is 1.52 bits per heavy atom. The van der Waals surface area contributed by atoms with Gasteiger partial charge in [0.25, 0.3) is 5.91 Å². The topological polar surface area (TPSA) is 101 Å². The molecule has 116 valence electrons. The van der Waals surface area contributed by atoms with Crippen LogP contribution in [-0.2, 0) is 14.6 Å². The summed E-state index contributed by atoms with van der Waals surface area (Å²) >= 11 is 1.14. The Hall–Kier alpha value is -1.61. The molecule has 9 heteroatoms. The summed E-state index contributed by atoms with van der Waals surface area (Å²) in [4.78, 5) is 24.9. The van der Waals surface area contributed by atoms with Gasteiger partial charge in [-0.25, -0.2) is 8.42 Å². The van der Waals surface area contributed by atoms with E-state index in [1.807, 2.05) is 0 Å². The minimum absolute atomic E-state index is 0.0252. The van der Waals surface area contributed by atoms with E-state index in [0.717, 1.165) is 16.2 Å². The summed E-state index contributed by atoms with van der Waals surface area (Å²) in [6.45, 7) is -0.528. The fourth-order valence-electron chi connectivity index (χ4n) is 2.28. The molecule has 1 amide bonds. The number of rotatable bonds is 5. The number of methoxy groups -OCH3 is 1. The van der Waals surface area contributed by atoms with Gasteiger partial charge < -0.3 is 14.7 Å². The highest BCUT2D eigenvalue weighted by molar-refractivity contribution is 7.91. The quantitative estimate of drug-likeness (QED) is 0.840. The number of hydrogen-bond donors (Lipinski definition) is 1. The Labute approximate surface area is 126 Å². The zero-order chi connectivity index (χ0) is 15.6. The average Bonchev–Trinajstić information content (AvgIpc) is 3.00. The molecular weight excluding hydrogens is 318 g/mol. The fourth-order valence-corrected chi connectivity index (χ4v) is 4.82. The van der Waals surface area contributed by atoms with Crippen molar-refractivity contribution in [3.63, 3.8) is 0 Å². The van der Waals surface area contributed by atoms with Gasteiger partial charge in [-0.3, -0.25) is 9.59 Å². The van der Waals surface area contributed by atoms with E-state index in [4.69, 9.17) is 9.84 Å². The van der Waals surface area contributed by atoms with Crippen LogP contribution in [0.3, 0.4) is 0 Å². The van der Waals surface area contributed by atoms with Crippen LogP contribution in [0.25, 0.3) is 0 Å². The smallest absolute Gasteiger partial charge is 0.323 e. The van der Waals surface area contributed by atoms with Crippen molar-refractivity contribution in [1.29, 1.82) is 0 Å². The zero-order valence-electron chi connectivity index (χ0n) is 11.3. The van der Waals surface area contributed by atoms with Crippen LogP contribution >= 0.6 is 11.3 Å². The zero-order valence-corrected chi connectivity index (χ0v) is 12.9. The lowest BCUT2D eigenvalue weighted by Crippen LogP contribution is -2.44. The minimum atomic E-state index is -3.21. The SMILES string of the molecule is COc1ccsc1C(=O)N(CC(=O)O)C1CCS(=O)(=O)C1. The number of aliphatic carboxylic acids is 1. The number of sulfone groups is 1. The standard InChI is InChI=1S/C12H15NO6S2/c1-19-9-2-4-20-11(9)12(16)13(6-10(14)15)8-3-5-21(17,18)7-8/h2,4,8H,3,5-7H2,1H3,(H,14,15). The largest absolute Gasteiger partial charge is 0.495 e. The number of carboxylic acid groups (broad SMARTS) is 1. The van der Waals surface area contributed by atoms with Crippen molar-refractivity contribution < 1.29 is 27.9 Å². The number of carbonyl (C=O) groups is 2. The summed E-state index contributed by atoms with van der Waals surface area (Å²) < 4.78 is 28.2. The van der Waals surface area contributed by atoms with Gasteiger partial charge in [0.05, 0.1) is 18.6 Å². The Kier molecular flexibility index (Phi) is 4.52. The molecule has 21 heavy (non-hydrogen) atoms. The Balaban J connectivity index is 2.28. The van der Waals surface area contributed by atoms with E-state index in [1.165, 1.54) is 7.11 Å². The van der Waals surface area contributed by atoms with E-state index in [0.29, 0.717) is 5.75 Å². The maximum Gasteiger partial charge on any atom is 0.323 e. The summed E-state index contributed by atoms with van der Waals surface area (Å²) in [7, 11) is -1.79. The molecule has 1 unspecified atom stereocenters. The van der Waals surface area contributed by atoms with Gasteiger partial charge in [0, 0.05) is 6.04 Å². The Morgan fingerprint density at radius 2 is 2.24 bits per heavy atom. The van der Waals surface area contributed by atoms with Crippen LogP contribution in [0.1, 0.15) is 16.1 Å². The molecule has 0 radical (unpaired) electrons. The molecular formula is C12H15NO6S2. The van der Waals surface area contributed by atoms with Crippen LogP contribution in [0, 0.1) is 0 Å². The van der Waals surface area contributed by atoms with Crippen molar-refractivity contribution in [1.82, 2.24) is 4.90 Å². The Morgan fingerprint density at radius 3 is 2.76 bits per heavy atom. The maximum atomic E-state index is 12.5.